The maximum absolute atomic E-state index is 12.9. The van der Waals surface area contributed by atoms with Crippen molar-refractivity contribution in [1.82, 2.24) is 15.2 Å². The second kappa shape index (κ2) is 8.03. The van der Waals surface area contributed by atoms with Crippen molar-refractivity contribution in [2.24, 2.45) is 0 Å². The minimum atomic E-state index is -0.336. The molecular weight excluding hydrogens is 297 g/mol. The van der Waals surface area contributed by atoms with E-state index in [1.165, 1.54) is 24.0 Å². The van der Waals surface area contributed by atoms with Crippen LogP contribution in [0.5, 0.6) is 0 Å². The van der Waals surface area contributed by atoms with E-state index in [0.717, 1.165) is 11.1 Å². The van der Waals surface area contributed by atoms with Crippen LogP contribution in [-0.4, -0.2) is 28.2 Å². The molecule has 6 heteroatoms. The lowest BCUT2D eigenvalue weighted by Crippen LogP contribution is -2.39. The fourth-order valence-corrected chi connectivity index (χ4v) is 2.02. The first-order valence-corrected chi connectivity index (χ1v) is 7.20. The first kappa shape index (κ1) is 16.6. The van der Waals surface area contributed by atoms with Crippen LogP contribution in [0, 0.1) is 5.82 Å². The molecule has 0 bridgehead atoms. The third kappa shape index (κ3) is 5.50. The molecule has 2 aromatic rings. The third-order valence-corrected chi connectivity index (χ3v) is 3.28. The van der Waals surface area contributed by atoms with Crippen LogP contribution in [0.15, 0.2) is 48.8 Å². The van der Waals surface area contributed by atoms with Gasteiger partial charge in [0.25, 0.3) is 0 Å². The number of amides is 2. The molecule has 0 aliphatic heterocycles. The standard InChI is InChI=1S/C17H18FN3O2/c1-13(22)21(11-14-4-6-16(18)7-5-14)12-17(23)20-10-15-3-2-8-19-9-15/h2-9H,10-12H2,1H3,(H,20,23). The van der Waals surface area contributed by atoms with Crippen LogP contribution in [0.4, 0.5) is 4.39 Å². The average molecular weight is 315 g/mol. The summed E-state index contributed by atoms with van der Waals surface area (Å²) in [6.07, 6.45) is 3.33. The zero-order chi connectivity index (χ0) is 16.7. The number of rotatable bonds is 6. The lowest BCUT2D eigenvalue weighted by atomic mass is 10.2. The number of benzene rings is 1. The molecule has 0 saturated heterocycles. The van der Waals surface area contributed by atoms with Crippen LogP contribution in [0.25, 0.3) is 0 Å². The Kier molecular flexibility index (Phi) is 5.80. The van der Waals surface area contributed by atoms with E-state index in [1.54, 1.807) is 30.6 Å². The van der Waals surface area contributed by atoms with Gasteiger partial charge in [-0.15, -0.1) is 0 Å². The van der Waals surface area contributed by atoms with Crippen LogP contribution in [0.1, 0.15) is 18.1 Å². The van der Waals surface area contributed by atoms with Crippen LogP contribution in [0.2, 0.25) is 0 Å². The van der Waals surface area contributed by atoms with Gasteiger partial charge in [-0.2, -0.15) is 0 Å². The highest BCUT2D eigenvalue weighted by atomic mass is 19.1. The highest BCUT2D eigenvalue weighted by Crippen LogP contribution is 2.07. The Hall–Kier alpha value is -2.76. The van der Waals surface area contributed by atoms with Gasteiger partial charge in [-0.1, -0.05) is 18.2 Å². The van der Waals surface area contributed by atoms with E-state index in [1.807, 2.05) is 6.07 Å². The Morgan fingerprint density at radius 3 is 2.52 bits per heavy atom. The van der Waals surface area contributed by atoms with E-state index in [0.29, 0.717) is 6.54 Å². The van der Waals surface area contributed by atoms with Crippen molar-refractivity contribution in [3.05, 3.63) is 65.7 Å². The Morgan fingerprint density at radius 2 is 1.91 bits per heavy atom. The summed E-state index contributed by atoms with van der Waals surface area (Å²) in [6, 6.07) is 9.50. The van der Waals surface area contributed by atoms with E-state index in [-0.39, 0.29) is 30.7 Å². The summed E-state index contributed by atoms with van der Waals surface area (Å²) >= 11 is 0. The average Bonchev–Trinajstić information content (AvgIpc) is 2.55. The van der Waals surface area contributed by atoms with E-state index in [4.69, 9.17) is 0 Å². The number of carbonyl (C=O) groups excluding carboxylic acids is 2. The van der Waals surface area contributed by atoms with Crippen molar-refractivity contribution < 1.29 is 14.0 Å². The first-order chi connectivity index (χ1) is 11.0. The predicted octanol–water partition coefficient (Wildman–Crippen LogP) is 1.89. The molecule has 120 valence electrons. The van der Waals surface area contributed by atoms with E-state index in [2.05, 4.69) is 10.3 Å². The molecule has 0 spiro atoms. The maximum Gasteiger partial charge on any atom is 0.239 e. The molecule has 0 atom stereocenters. The maximum atomic E-state index is 12.9. The fourth-order valence-electron chi connectivity index (χ4n) is 2.02. The van der Waals surface area contributed by atoms with E-state index < -0.39 is 0 Å². The topological polar surface area (TPSA) is 62.3 Å². The van der Waals surface area contributed by atoms with Crippen molar-refractivity contribution in [1.29, 1.82) is 0 Å². The molecule has 1 aromatic heterocycles. The van der Waals surface area contributed by atoms with Crippen molar-refractivity contribution in [2.75, 3.05) is 6.54 Å². The quantitative estimate of drug-likeness (QED) is 0.885. The molecule has 1 N–H and O–H groups in total. The van der Waals surface area contributed by atoms with Gasteiger partial charge >= 0.3 is 0 Å². The summed E-state index contributed by atoms with van der Waals surface area (Å²) in [5.41, 5.74) is 1.65. The number of nitrogens with zero attached hydrogens (tertiary/aromatic N) is 2. The monoisotopic (exact) mass is 315 g/mol. The van der Waals surface area contributed by atoms with Gasteiger partial charge in [0.15, 0.2) is 0 Å². The number of hydrogen-bond donors (Lipinski definition) is 1. The number of pyridine rings is 1. The number of nitrogens with one attached hydrogen (secondary N) is 1. The van der Waals surface area contributed by atoms with Crippen LogP contribution in [-0.2, 0) is 22.7 Å². The molecule has 1 aromatic carbocycles. The lowest BCUT2D eigenvalue weighted by Gasteiger charge is -2.20. The van der Waals surface area contributed by atoms with Gasteiger partial charge in [0.2, 0.25) is 11.8 Å². The molecule has 2 rings (SSSR count). The summed E-state index contributed by atoms with van der Waals surface area (Å²) < 4.78 is 12.9. The van der Waals surface area contributed by atoms with E-state index >= 15 is 0 Å². The fraction of sp³-hybridized carbons (Fsp3) is 0.235. The Bertz CT molecular complexity index is 659. The molecule has 0 radical (unpaired) electrons. The summed E-state index contributed by atoms with van der Waals surface area (Å²) in [5, 5.41) is 2.75. The zero-order valence-electron chi connectivity index (χ0n) is 12.8. The van der Waals surface area contributed by atoms with Gasteiger partial charge in [-0.3, -0.25) is 14.6 Å². The molecule has 0 fully saturated rings. The largest absolute Gasteiger partial charge is 0.350 e. The van der Waals surface area contributed by atoms with Gasteiger partial charge in [0.05, 0.1) is 6.54 Å². The summed E-state index contributed by atoms with van der Waals surface area (Å²) in [5.74, 6) is -0.811. The molecule has 0 aliphatic carbocycles. The molecular formula is C17H18FN3O2. The van der Waals surface area contributed by atoms with Crippen molar-refractivity contribution >= 4 is 11.8 Å². The molecule has 5 nitrogen and oxygen atoms in total. The van der Waals surface area contributed by atoms with E-state index in [9.17, 15) is 14.0 Å². The molecule has 2 amide bonds. The minimum Gasteiger partial charge on any atom is -0.350 e. The van der Waals surface area contributed by atoms with Gasteiger partial charge in [-0.05, 0) is 29.3 Å². The molecule has 0 aliphatic rings. The van der Waals surface area contributed by atoms with Gasteiger partial charge in [-0.25, -0.2) is 4.39 Å². The lowest BCUT2D eigenvalue weighted by molar-refractivity contribution is -0.135. The van der Waals surface area contributed by atoms with Crippen LogP contribution >= 0.6 is 0 Å². The summed E-state index contributed by atoms with van der Waals surface area (Å²) in [7, 11) is 0. The summed E-state index contributed by atoms with van der Waals surface area (Å²) in [6.45, 7) is 1.97. The Balaban J connectivity index is 1.89. The zero-order valence-corrected chi connectivity index (χ0v) is 12.8. The molecule has 0 unspecified atom stereocenters. The Morgan fingerprint density at radius 1 is 1.17 bits per heavy atom. The van der Waals surface area contributed by atoms with Crippen molar-refractivity contribution in [3.8, 4) is 0 Å². The smallest absolute Gasteiger partial charge is 0.239 e. The number of aromatic nitrogens is 1. The predicted molar refractivity (Wildman–Crippen MR) is 83.6 cm³/mol. The van der Waals surface area contributed by atoms with Gasteiger partial charge in [0.1, 0.15) is 5.82 Å². The van der Waals surface area contributed by atoms with Gasteiger partial charge < -0.3 is 10.2 Å². The Labute approximate surface area is 134 Å². The molecule has 1 heterocycles. The van der Waals surface area contributed by atoms with Gasteiger partial charge in [0, 0.05) is 32.4 Å². The number of halogens is 1. The normalized spacial score (nSPS) is 10.2. The SMILES string of the molecule is CC(=O)N(CC(=O)NCc1cccnc1)Cc1ccc(F)cc1. The number of hydrogen-bond acceptors (Lipinski definition) is 3. The molecule has 23 heavy (non-hydrogen) atoms. The first-order valence-electron chi connectivity index (χ1n) is 7.20. The second-order valence-corrected chi connectivity index (χ2v) is 5.14. The second-order valence-electron chi connectivity index (χ2n) is 5.14. The third-order valence-electron chi connectivity index (χ3n) is 3.28. The minimum absolute atomic E-state index is 0.0486. The van der Waals surface area contributed by atoms with Crippen LogP contribution in [0.3, 0.4) is 0 Å². The molecule has 0 saturated carbocycles. The summed E-state index contributed by atoms with van der Waals surface area (Å²) in [4.78, 5) is 29.1. The van der Waals surface area contributed by atoms with Crippen molar-refractivity contribution in [2.45, 2.75) is 20.0 Å². The van der Waals surface area contributed by atoms with Crippen LogP contribution < -0.4 is 5.32 Å². The highest BCUT2D eigenvalue weighted by Gasteiger charge is 2.14. The highest BCUT2D eigenvalue weighted by molar-refractivity contribution is 5.83. The number of carbonyl (C=O) groups is 2. The van der Waals surface area contributed by atoms with Crippen molar-refractivity contribution in [3.63, 3.8) is 0 Å².